The number of hydrogen-bond acceptors (Lipinski definition) is 6. The Labute approximate surface area is 177 Å². The van der Waals surface area contributed by atoms with Crippen molar-refractivity contribution in [3.63, 3.8) is 0 Å². The van der Waals surface area contributed by atoms with Crippen LogP contribution in [0, 0.1) is 16.7 Å². The van der Waals surface area contributed by atoms with Crippen molar-refractivity contribution in [2.45, 2.75) is 64.4 Å². The number of likely N-dealkylation sites (tertiary alicyclic amines) is 1. The summed E-state index contributed by atoms with van der Waals surface area (Å²) in [5.41, 5.74) is 2.19. The van der Waals surface area contributed by atoms with Crippen LogP contribution in [0.3, 0.4) is 0 Å². The molecule has 4 heterocycles. The highest BCUT2D eigenvalue weighted by Gasteiger charge is 2.63. The van der Waals surface area contributed by atoms with Gasteiger partial charge in [0.2, 0.25) is 5.91 Å². The molecule has 0 aromatic carbocycles. The molecular weight excluding hydrogens is 380 g/mol. The zero-order valence-electron chi connectivity index (χ0n) is 17.9. The van der Waals surface area contributed by atoms with E-state index in [1.807, 2.05) is 4.90 Å². The molecule has 6 aliphatic rings. The lowest BCUT2D eigenvalue weighted by molar-refractivity contribution is -0.161. The van der Waals surface area contributed by atoms with Crippen molar-refractivity contribution in [2.75, 3.05) is 26.2 Å². The molecule has 3 fully saturated rings. The topological polar surface area (TPSA) is 83.4 Å². The van der Waals surface area contributed by atoms with Gasteiger partial charge in [-0.15, -0.1) is 5.11 Å². The molecule has 0 radical (unpaired) electrons. The summed E-state index contributed by atoms with van der Waals surface area (Å²) >= 11 is 0. The third-order valence-corrected chi connectivity index (χ3v) is 8.11. The average molecular weight is 411 g/mol. The van der Waals surface area contributed by atoms with Crippen molar-refractivity contribution in [1.29, 1.82) is 0 Å². The van der Waals surface area contributed by atoms with Crippen LogP contribution in [0.15, 0.2) is 32.9 Å². The van der Waals surface area contributed by atoms with E-state index in [-0.39, 0.29) is 22.7 Å². The second-order valence-electron chi connectivity index (χ2n) is 11.1. The number of carbonyl (C=O) groups excluding carboxylic acids is 2. The van der Waals surface area contributed by atoms with Crippen LogP contribution in [0.2, 0.25) is 0 Å². The predicted molar refractivity (Wildman–Crippen MR) is 109 cm³/mol. The first kappa shape index (κ1) is 18.7. The Balaban J connectivity index is 1.30. The van der Waals surface area contributed by atoms with Gasteiger partial charge in [0.15, 0.2) is 11.6 Å². The number of carbonyl (C=O) groups is 2. The van der Waals surface area contributed by atoms with Gasteiger partial charge in [-0.3, -0.25) is 9.59 Å². The van der Waals surface area contributed by atoms with Gasteiger partial charge in [0.05, 0.1) is 31.7 Å². The van der Waals surface area contributed by atoms with Crippen LogP contribution in [0.1, 0.15) is 58.8 Å². The number of nitrogens with zero attached hydrogens (tertiary/aromatic N) is 3. The minimum Gasteiger partial charge on any atom is -0.370 e. The lowest BCUT2D eigenvalue weighted by Crippen LogP contribution is -2.64. The quantitative estimate of drug-likeness (QED) is 0.720. The maximum Gasteiger partial charge on any atom is 0.225 e. The Hall–Kier alpha value is -2.02. The molecule has 1 N–H and O–H groups in total. The van der Waals surface area contributed by atoms with Crippen LogP contribution in [0.25, 0.3) is 0 Å². The zero-order chi connectivity index (χ0) is 20.7. The second-order valence-corrected chi connectivity index (χ2v) is 11.1. The van der Waals surface area contributed by atoms with E-state index in [9.17, 15) is 9.59 Å². The number of nitrogens with one attached hydrogen (secondary N) is 1. The van der Waals surface area contributed by atoms with Gasteiger partial charge in [-0.2, -0.15) is 5.11 Å². The summed E-state index contributed by atoms with van der Waals surface area (Å²) in [6, 6.07) is 0. The number of dihydropyridines is 1. The molecule has 1 amide bonds. The summed E-state index contributed by atoms with van der Waals surface area (Å²) in [5.74, 6) is 1.55. The van der Waals surface area contributed by atoms with Gasteiger partial charge >= 0.3 is 0 Å². The van der Waals surface area contributed by atoms with Crippen molar-refractivity contribution in [2.24, 2.45) is 27.0 Å². The molecule has 30 heavy (non-hydrogen) atoms. The number of Topliss-reactive ketones (excluding diaryl/α,β-unsaturated/α-hetero) is 1. The van der Waals surface area contributed by atoms with Gasteiger partial charge in [0.25, 0.3) is 0 Å². The Kier molecular flexibility index (Phi) is 3.76. The molecule has 0 aromatic rings. The minimum absolute atomic E-state index is 0.0595. The van der Waals surface area contributed by atoms with Gasteiger partial charge < -0.3 is 15.0 Å². The monoisotopic (exact) mass is 410 g/mol. The first-order valence-corrected chi connectivity index (χ1v) is 11.4. The van der Waals surface area contributed by atoms with Gasteiger partial charge in [0.1, 0.15) is 5.60 Å². The van der Waals surface area contributed by atoms with E-state index in [1.165, 1.54) is 12.8 Å². The number of hydrogen-bond donors (Lipinski definition) is 1. The number of fused-ring (bicyclic) bond motifs is 2. The van der Waals surface area contributed by atoms with Gasteiger partial charge in [0, 0.05) is 29.2 Å². The Morgan fingerprint density at radius 2 is 1.97 bits per heavy atom. The van der Waals surface area contributed by atoms with Crippen molar-refractivity contribution in [1.82, 2.24) is 10.2 Å². The molecule has 4 aliphatic heterocycles. The van der Waals surface area contributed by atoms with Crippen molar-refractivity contribution >= 4 is 11.7 Å². The molecule has 0 aromatic heterocycles. The molecule has 6 rings (SSSR count). The molecule has 1 atom stereocenters. The van der Waals surface area contributed by atoms with Crippen LogP contribution < -0.4 is 5.32 Å². The Morgan fingerprint density at radius 3 is 2.73 bits per heavy atom. The number of rotatable bonds is 1. The van der Waals surface area contributed by atoms with E-state index in [2.05, 4.69) is 29.4 Å². The van der Waals surface area contributed by atoms with E-state index >= 15 is 0 Å². The van der Waals surface area contributed by atoms with Crippen molar-refractivity contribution in [3.8, 4) is 0 Å². The molecular formula is C23H30N4O3. The Morgan fingerprint density at radius 1 is 1.20 bits per heavy atom. The molecule has 1 saturated carbocycles. The number of ether oxygens (including phenoxy) is 1. The van der Waals surface area contributed by atoms with Gasteiger partial charge in [-0.05, 0) is 31.1 Å². The summed E-state index contributed by atoms with van der Waals surface area (Å²) in [7, 11) is 0. The lowest BCUT2D eigenvalue weighted by atomic mass is 9.61. The highest BCUT2D eigenvalue weighted by Crippen LogP contribution is 2.58. The second kappa shape index (κ2) is 6.02. The van der Waals surface area contributed by atoms with Crippen molar-refractivity contribution in [3.05, 3.63) is 22.7 Å². The summed E-state index contributed by atoms with van der Waals surface area (Å²) in [6.07, 6.45) is 6.54. The van der Waals surface area contributed by atoms with E-state index in [0.717, 1.165) is 48.3 Å². The summed E-state index contributed by atoms with van der Waals surface area (Å²) in [5, 5.41) is 12.1. The normalized spacial score (nSPS) is 33.9. The highest BCUT2D eigenvalue weighted by atomic mass is 16.5. The maximum absolute atomic E-state index is 13.4. The third-order valence-electron chi connectivity index (χ3n) is 8.11. The van der Waals surface area contributed by atoms with Crippen LogP contribution in [-0.4, -0.2) is 48.4 Å². The van der Waals surface area contributed by atoms with E-state index in [0.29, 0.717) is 38.6 Å². The van der Waals surface area contributed by atoms with Crippen LogP contribution in [0.4, 0.5) is 0 Å². The number of azo groups is 1. The fraction of sp³-hybridized carbons (Fsp3) is 0.739. The Bertz CT molecular complexity index is 934. The molecule has 2 aliphatic carbocycles. The van der Waals surface area contributed by atoms with Crippen LogP contribution in [-0.2, 0) is 14.3 Å². The molecule has 7 nitrogen and oxygen atoms in total. The fourth-order valence-electron chi connectivity index (χ4n) is 6.79. The molecule has 160 valence electrons. The average Bonchev–Trinajstić information content (AvgIpc) is 3.38. The smallest absolute Gasteiger partial charge is 0.225 e. The summed E-state index contributed by atoms with van der Waals surface area (Å²) < 4.78 is 6.44. The molecule has 1 unspecified atom stereocenters. The fourth-order valence-corrected chi connectivity index (χ4v) is 6.79. The number of ketones is 1. The largest absolute Gasteiger partial charge is 0.370 e. The zero-order valence-corrected chi connectivity index (χ0v) is 17.9. The van der Waals surface area contributed by atoms with Crippen molar-refractivity contribution < 1.29 is 14.3 Å². The van der Waals surface area contributed by atoms with Gasteiger partial charge in [-0.25, -0.2) is 0 Å². The molecule has 2 spiro atoms. The molecule has 7 heteroatoms. The SMILES string of the molecule is CC1(C)CC(=O)C2=C(C1)NC1=C(CN=N1)C21COC2(CN(C(=O)C3CCCC3)C2)C1. The first-order valence-electron chi connectivity index (χ1n) is 11.4. The summed E-state index contributed by atoms with van der Waals surface area (Å²) in [6.45, 7) is 6.62. The van der Waals surface area contributed by atoms with Crippen LogP contribution >= 0.6 is 0 Å². The highest BCUT2D eigenvalue weighted by molar-refractivity contribution is 6.00. The number of amides is 1. The lowest BCUT2D eigenvalue weighted by Gasteiger charge is -2.49. The summed E-state index contributed by atoms with van der Waals surface area (Å²) in [4.78, 5) is 28.2. The molecule has 0 bridgehead atoms. The first-order chi connectivity index (χ1) is 14.3. The minimum atomic E-state index is -0.435. The van der Waals surface area contributed by atoms with Gasteiger partial charge in [-0.1, -0.05) is 26.7 Å². The van der Waals surface area contributed by atoms with E-state index in [1.54, 1.807) is 0 Å². The standard InChI is InChI=1S/C23H30N4O3/c1-21(2)7-16-18(17(28)8-21)23(15-9-24-26-19(15)25-16)10-22(30-13-23)11-27(12-22)20(29)14-5-3-4-6-14/h14,25H,3-13H2,1-2H3. The van der Waals surface area contributed by atoms with E-state index < -0.39 is 5.41 Å². The van der Waals surface area contributed by atoms with Crippen LogP contribution in [0.5, 0.6) is 0 Å². The third kappa shape index (κ3) is 2.53. The predicted octanol–water partition coefficient (Wildman–Crippen LogP) is 3.09. The number of allylic oxidation sites excluding steroid dienone is 1. The molecule has 2 saturated heterocycles. The maximum atomic E-state index is 13.4. The van der Waals surface area contributed by atoms with E-state index in [4.69, 9.17) is 4.74 Å².